The summed E-state index contributed by atoms with van der Waals surface area (Å²) in [5.41, 5.74) is 11.0. The Balaban J connectivity index is 1.25. The van der Waals surface area contributed by atoms with E-state index in [1.807, 2.05) is 18.3 Å². The molecule has 0 spiro atoms. The smallest absolute Gasteiger partial charge is 0.274 e. The van der Waals surface area contributed by atoms with E-state index in [0.717, 1.165) is 88.1 Å². The maximum Gasteiger partial charge on any atom is 0.274 e. The van der Waals surface area contributed by atoms with E-state index in [1.165, 1.54) is 0 Å². The second kappa shape index (κ2) is 12.2. The molecule has 4 N–H and O–H groups in total. The molecule has 0 unspecified atom stereocenters. The Kier molecular flexibility index (Phi) is 8.34. The molecule has 0 saturated carbocycles. The molecule has 2 aliphatic heterocycles. The highest BCUT2D eigenvalue weighted by atomic mass is 16.5. The highest BCUT2D eigenvalue weighted by molar-refractivity contribution is 6.48. The van der Waals surface area contributed by atoms with Crippen molar-refractivity contribution in [3.8, 4) is 11.1 Å². The highest BCUT2D eigenvalue weighted by Gasteiger charge is 2.18. The Morgan fingerprint density at radius 2 is 1.61 bits per heavy atom. The molecule has 1 aromatic carbocycles. The molecule has 2 aromatic heterocycles. The summed E-state index contributed by atoms with van der Waals surface area (Å²) in [7, 11) is 0. The molecule has 5 rings (SSSR count). The van der Waals surface area contributed by atoms with Crippen molar-refractivity contribution in [2.24, 2.45) is 0 Å². The number of pyridine rings is 2. The number of amides is 1. The summed E-state index contributed by atoms with van der Waals surface area (Å²) in [6.45, 7) is 8.04. The maximum absolute atomic E-state index is 12.9. The number of morpholine rings is 2. The van der Waals surface area contributed by atoms with Crippen LogP contribution in [0.25, 0.3) is 11.1 Å². The third-order valence-electron chi connectivity index (χ3n) is 6.76. The van der Waals surface area contributed by atoms with Crippen LogP contribution in [0.1, 0.15) is 16.8 Å². The topological polar surface area (TPSA) is 130 Å². The van der Waals surface area contributed by atoms with Gasteiger partial charge in [-0.15, -0.1) is 0 Å². The van der Waals surface area contributed by atoms with Crippen LogP contribution >= 0.6 is 0 Å². The number of nitrogen functional groups attached to an aromatic ring is 1. The van der Waals surface area contributed by atoms with Gasteiger partial charge in [-0.05, 0) is 41.5 Å². The standard InChI is InChI=1S/C28H33N7O3/c29-26-4-1-21(22-13-20(15-31-16-22)18-34-5-9-37-10-6-34)14-25(26)27(30)28(36)33-23-2-3-24(32-17-23)19-35-7-11-38-12-8-35/h1-4,13-17,30H,5-12,18-19,29H2,(H,33,36). The van der Waals surface area contributed by atoms with Crippen molar-refractivity contribution >= 4 is 23.0 Å². The van der Waals surface area contributed by atoms with E-state index in [0.29, 0.717) is 16.9 Å². The Hall–Kier alpha value is -3.70. The van der Waals surface area contributed by atoms with Crippen molar-refractivity contribution in [1.29, 1.82) is 5.41 Å². The third-order valence-corrected chi connectivity index (χ3v) is 6.76. The molecule has 0 aliphatic carbocycles. The second-order valence-corrected chi connectivity index (χ2v) is 9.53. The first-order valence-electron chi connectivity index (χ1n) is 12.8. The minimum absolute atomic E-state index is 0.209. The van der Waals surface area contributed by atoms with Gasteiger partial charge in [0.25, 0.3) is 5.91 Å². The van der Waals surface area contributed by atoms with Crippen molar-refractivity contribution in [2.45, 2.75) is 13.1 Å². The van der Waals surface area contributed by atoms with Crippen molar-refractivity contribution in [3.05, 3.63) is 71.8 Å². The maximum atomic E-state index is 12.9. The lowest BCUT2D eigenvalue weighted by molar-refractivity contribution is -0.110. The van der Waals surface area contributed by atoms with Crippen LogP contribution in [0.2, 0.25) is 0 Å². The summed E-state index contributed by atoms with van der Waals surface area (Å²) in [6.07, 6.45) is 5.27. The SMILES string of the molecule is N=C(C(=O)Nc1ccc(CN2CCOCC2)nc1)c1cc(-c2cncc(CN3CCOCC3)c2)ccc1N. The van der Waals surface area contributed by atoms with Crippen molar-refractivity contribution in [1.82, 2.24) is 19.8 Å². The normalized spacial score (nSPS) is 16.7. The first-order chi connectivity index (χ1) is 18.5. The number of carbonyl (C=O) groups excluding carboxylic acids is 1. The number of benzene rings is 1. The Morgan fingerprint density at radius 1 is 0.895 bits per heavy atom. The Labute approximate surface area is 222 Å². The number of carbonyl (C=O) groups is 1. The highest BCUT2D eigenvalue weighted by Crippen LogP contribution is 2.25. The number of ether oxygens (including phenoxy) is 2. The molecule has 0 radical (unpaired) electrons. The van der Waals surface area contributed by atoms with Crippen LogP contribution in [0.5, 0.6) is 0 Å². The number of aromatic nitrogens is 2. The van der Waals surface area contributed by atoms with E-state index < -0.39 is 5.91 Å². The molecule has 10 nitrogen and oxygen atoms in total. The van der Waals surface area contributed by atoms with Gasteiger partial charge in [0.1, 0.15) is 5.71 Å². The van der Waals surface area contributed by atoms with E-state index in [-0.39, 0.29) is 5.71 Å². The van der Waals surface area contributed by atoms with Gasteiger partial charge in [-0.1, -0.05) is 6.07 Å². The lowest BCUT2D eigenvalue weighted by Crippen LogP contribution is -2.35. The van der Waals surface area contributed by atoms with Crippen molar-refractivity contribution in [3.63, 3.8) is 0 Å². The largest absolute Gasteiger partial charge is 0.398 e. The minimum Gasteiger partial charge on any atom is -0.398 e. The van der Waals surface area contributed by atoms with Crippen LogP contribution in [0.15, 0.2) is 55.0 Å². The average Bonchev–Trinajstić information content (AvgIpc) is 2.95. The fourth-order valence-corrected chi connectivity index (χ4v) is 4.60. The van der Waals surface area contributed by atoms with E-state index in [4.69, 9.17) is 20.6 Å². The van der Waals surface area contributed by atoms with Gasteiger partial charge in [-0.3, -0.25) is 30.0 Å². The molecule has 198 valence electrons. The van der Waals surface area contributed by atoms with Gasteiger partial charge < -0.3 is 20.5 Å². The van der Waals surface area contributed by atoms with Gasteiger partial charge >= 0.3 is 0 Å². The summed E-state index contributed by atoms with van der Waals surface area (Å²) in [4.78, 5) is 26.4. The lowest BCUT2D eigenvalue weighted by atomic mass is 9.99. The summed E-state index contributed by atoms with van der Waals surface area (Å²) in [5, 5.41) is 11.3. The predicted molar refractivity (Wildman–Crippen MR) is 146 cm³/mol. The molecule has 10 heteroatoms. The number of nitrogens with two attached hydrogens (primary N) is 1. The number of rotatable bonds is 8. The third kappa shape index (κ3) is 6.59. The van der Waals surface area contributed by atoms with Crippen LogP contribution in [-0.4, -0.2) is 84.0 Å². The van der Waals surface area contributed by atoms with Gasteiger partial charge in [0.15, 0.2) is 0 Å². The molecule has 4 heterocycles. The molecule has 2 aliphatic rings. The molecule has 0 bridgehead atoms. The first-order valence-corrected chi connectivity index (χ1v) is 12.8. The van der Waals surface area contributed by atoms with E-state index >= 15 is 0 Å². The van der Waals surface area contributed by atoms with Crippen LogP contribution in [-0.2, 0) is 27.4 Å². The van der Waals surface area contributed by atoms with E-state index in [1.54, 1.807) is 30.6 Å². The molecule has 2 saturated heterocycles. The van der Waals surface area contributed by atoms with E-state index in [2.05, 4.69) is 31.2 Å². The second-order valence-electron chi connectivity index (χ2n) is 9.53. The number of hydrogen-bond acceptors (Lipinski definition) is 9. The molecular weight excluding hydrogens is 482 g/mol. The van der Waals surface area contributed by atoms with Crippen LogP contribution < -0.4 is 11.1 Å². The zero-order valence-electron chi connectivity index (χ0n) is 21.4. The average molecular weight is 516 g/mol. The summed E-state index contributed by atoms with van der Waals surface area (Å²) in [5.74, 6) is -0.546. The molecular formula is C28H33N7O3. The van der Waals surface area contributed by atoms with Gasteiger partial charge in [-0.2, -0.15) is 0 Å². The van der Waals surface area contributed by atoms with Crippen molar-refractivity contribution in [2.75, 3.05) is 63.7 Å². The predicted octanol–water partition coefficient (Wildman–Crippen LogP) is 2.40. The Morgan fingerprint density at radius 3 is 2.29 bits per heavy atom. The number of nitrogens with one attached hydrogen (secondary N) is 2. The quantitative estimate of drug-likeness (QED) is 0.308. The summed E-state index contributed by atoms with van der Waals surface area (Å²) >= 11 is 0. The van der Waals surface area contributed by atoms with Gasteiger partial charge in [0, 0.05) is 68.5 Å². The van der Waals surface area contributed by atoms with Crippen LogP contribution in [0.3, 0.4) is 0 Å². The zero-order valence-corrected chi connectivity index (χ0v) is 21.4. The molecule has 2 fully saturated rings. The zero-order chi connectivity index (χ0) is 26.3. The van der Waals surface area contributed by atoms with Gasteiger partial charge in [0.05, 0.1) is 44.0 Å². The van der Waals surface area contributed by atoms with Crippen molar-refractivity contribution < 1.29 is 14.3 Å². The van der Waals surface area contributed by atoms with Gasteiger partial charge in [0.2, 0.25) is 0 Å². The first kappa shape index (κ1) is 25.9. The van der Waals surface area contributed by atoms with E-state index in [9.17, 15) is 4.79 Å². The fourth-order valence-electron chi connectivity index (χ4n) is 4.60. The van der Waals surface area contributed by atoms with Crippen LogP contribution in [0, 0.1) is 5.41 Å². The summed E-state index contributed by atoms with van der Waals surface area (Å²) in [6, 6.07) is 11.2. The number of hydrogen-bond donors (Lipinski definition) is 3. The Bertz CT molecular complexity index is 1270. The fraction of sp³-hybridized carbons (Fsp3) is 0.357. The lowest BCUT2D eigenvalue weighted by Gasteiger charge is -2.26. The van der Waals surface area contributed by atoms with Crippen LogP contribution in [0.4, 0.5) is 11.4 Å². The number of nitrogens with zero attached hydrogens (tertiary/aromatic N) is 4. The number of anilines is 2. The molecule has 3 aromatic rings. The molecule has 1 amide bonds. The summed E-state index contributed by atoms with van der Waals surface area (Å²) < 4.78 is 10.8. The van der Waals surface area contributed by atoms with Gasteiger partial charge in [-0.25, -0.2) is 0 Å². The minimum atomic E-state index is -0.546. The monoisotopic (exact) mass is 515 g/mol. The molecule has 38 heavy (non-hydrogen) atoms. The molecule has 0 atom stereocenters.